The van der Waals surface area contributed by atoms with E-state index in [1.165, 1.54) is 9.79 Å². The van der Waals surface area contributed by atoms with E-state index in [4.69, 9.17) is 4.55 Å². The first kappa shape index (κ1) is 23.6. The molecule has 0 fully saturated rings. The summed E-state index contributed by atoms with van der Waals surface area (Å²) in [5, 5.41) is -4.21. The average Bonchev–Trinajstić information content (AvgIpc) is 2.63. The number of hydrogen-bond donors (Lipinski definition) is 1. The summed E-state index contributed by atoms with van der Waals surface area (Å²) in [6.07, 6.45) is 2.34. The minimum atomic E-state index is -5.35. The van der Waals surface area contributed by atoms with Crippen LogP contribution in [0.2, 0.25) is 0 Å². The predicted octanol–water partition coefficient (Wildman–Crippen LogP) is 5.51. The largest absolute Gasteiger partial charge is 0.392 e. The van der Waals surface area contributed by atoms with Crippen molar-refractivity contribution in [2.24, 2.45) is 0 Å². The predicted molar refractivity (Wildman–Crippen MR) is 104 cm³/mol. The molecule has 0 unspecified atom stereocenters. The van der Waals surface area contributed by atoms with E-state index >= 15 is 0 Å². The van der Waals surface area contributed by atoms with Gasteiger partial charge < -0.3 is 4.74 Å². The van der Waals surface area contributed by atoms with Crippen LogP contribution < -0.4 is 0 Å². The van der Waals surface area contributed by atoms with Gasteiger partial charge in [-0.15, -0.1) is 0 Å². The van der Waals surface area contributed by atoms with E-state index in [0.717, 1.165) is 12.8 Å². The zero-order valence-electron chi connectivity index (χ0n) is 15.1. The van der Waals surface area contributed by atoms with Gasteiger partial charge in [-0.05, 0) is 30.7 Å². The van der Waals surface area contributed by atoms with E-state index in [9.17, 15) is 17.2 Å². The molecule has 2 aromatic rings. The average molecular weight is 419 g/mol. The third kappa shape index (κ3) is 9.86. The van der Waals surface area contributed by atoms with E-state index in [2.05, 4.69) is 53.3 Å². The van der Waals surface area contributed by atoms with Gasteiger partial charge in [0.25, 0.3) is 0 Å². The highest BCUT2D eigenvalue weighted by Crippen LogP contribution is 2.26. The Morgan fingerprint density at radius 1 is 0.963 bits per heavy atom. The summed E-state index contributed by atoms with van der Waals surface area (Å²) in [6.45, 7) is 0.710. The van der Waals surface area contributed by atoms with Crippen molar-refractivity contribution < 1.29 is 26.5 Å². The van der Waals surface area contributed by atoms with Gasteiger partial charge in [0.1, 0.15) is 6.61 Å². The molecule has 0 aliphatic rings. The summed E-state index contributed by atoms with van der Waals surface area (Å²) < 4.78 is 57.7. The van der Waals surface area contributed by atoms with E-state index in [0.29, 0.717) is 6.42 Å². The van der Waals surface area contributed by atoms with E-state index in [1.54, 1.807) is 11.8 Å². The number of ether oxygens (including phenoxy) is 1. The van der Waals surface area contributed by atoms with Crippen molar-refractivity contribution in [2.75, 3.05) is 13.2 Å². The lowest BCUT2D eigenvalue weighted by Crippen LogP contribution is -2.33. The van der Waals surface area contributed by atoms with Gasteiger partial charge in [0.2, 0.25) is 0 Å². The SMILES string of the molecule is CCCCCOCC(F)(F)S(=O)(=O)O.c1ccc(Sc2ccccc2)cc1. The Bertz CT molecular complexity index is 701. The fourth-order valence-corrected chi connectivity index (χ4v) is 2.92. The van der Waals surface area contributed by atoms with E-state index in [-0.39, 0.29) is 6.61 Å². The summed E-state index contributed by atoms with van der Waals surface area (Å²) in [7, 11) is -5.35. The van der Waals surface area contributed by atoms with Crippen molar-refractivity contribution in [3.05, 3.63) is 60.7 Å². The van der Waals surface area contributed by atoms with Gasteiger partial charge in [0, 0.05) is 16.4 Å². The molecule has 0 bridgehead atoms. The standard InChI is InChI=1S/C12H10S.C7H14F2O4S/c1-3-7-11(8-4-1)13-12-9-5-2-6-10-12;1-2-3-4-5-13-6-7(8,9)14(10,11)12/h1-10H;2-6H2,1H3,(H,10,11,12). The molecule has 0 spiro atoms. The Morgan fingerprint density at radius 3 is 1.85 bits per heavy atom. The number of unbranched alkanes of at least 4 members (excludes halogenated alkanes) is 2. The van der Waals surface area contributed by atoms with Crippen LogP contribution in [0.3, 0.4) is 0 Å². The molecule has 2 aromatic carbocycles. The molecule has 0 saturated carbocycles. The summed E-state index contributed by atoms with van der Waals surface area (Å²) in [5.74, 6) is 0. The maximum Gasteiger partial charge on any atom is 0.392 e. The number of hydrogen-bond acceptors (Lipinski definition) is 4. The van der Waals surface area contributed by atoms with Crippen molar-refractivity contribution >= 4 is 21.9 Å². The lowest BCUT2D eigenvalue weighted by atomic mass is 10.3. The first-order valence-corrected chi connectivity index (χ1v) is 10.7. The summed E-state index contributed by atoms with van der Waals surface area (Å²) >= 11 is 1.79. The molecule has 2 rings (SSSR count). The van der Waals surface area contributed by atoms with Gasteiger partial charge >= 0.3 is 15.4 Å². The smallest absolute Gasteiger partial charge is 0.374 e. The Balaban J connectivity index is 0.000000270. The minimum Gasteiger partial charge on any atom is -0.374 e. The van der Waals surface area contributed by atoms with Gasteiger partial charge in [0.05, 0.1) is 0 Å². The summed E-state index contributed by atoms with van der Waals surface area (Å²) in [4.78, 5) is 2.57. The lowest BCUT2D eigenvalue weighted by Gasteiger charge is -2.12. The molecule has 0 aliphatic carbocycles. The molecule has 8 heteroatoms. The molecule has 0 aromatic heterocycles. The fourth-order valence-electron chi connectivity index (χ4n) is 1.83. The highest BCUT2D eigenvalue weighted by atomic mass is 32.2. The van der Waals surface area contributed by atoms with E-state index < -0.39 is 22.0 Å². The maximum atomic E-state index is 12.5. The van der Waals surface area contributed by atoms with Crippen LogP contribution in [0.4, 0.5) is 8.78 Å². The molecule has 1 N–H and O–H groups in total. The topological polar surface area (TPSA) is 63.6 Å². The van der Waals surface area contributed by atoms with Crippen LogP contribution in [0, 0.1) is 0 Å². The fraction of sp³-hybridized carbons (Fsp3) is 0.368. The number of halogens is 2. The normalized spacial score (nSPS) is 11.6. The minimum absolute atomic E-state index is 0.0684. The van der Waals surface area contributed by atoms with Gasteiger partial charge in [-0.1, -0.05) is 67.9 Å². The van der Waals surface area contributed by atoms with Crippen LogP contribution >= 0.6 is 11.8 Å². The van der Waals surface area contributed by atoms with Gasteiger partial charge in [-0.3, -0.25) is 4.55 Å². The highest BCUT2D eigenvalue weighted by molar-refractivity contribution is 7.99. The number of alkyl halides is 2. The van der Waals surface area contributed by atoms with Crippen LogP contribution in [0.1, 0.15) is 26.2 Å². The lowest BCUT2D eigenvalue weighted by molar-refractivity contribution is -0.0211. The van der Waals surface area contributed by atoms with Crippen molar-refractivity contribution in [1.82, 2.24) is 0 Å². The number of rotatable bonds is 9. The Kier molecular flexibility index (Phi) is 10.5. The molecule has 0 atom stereocenters. The molecule has 150 valence electrons. The Morgan fingerprint density at radius 2 is 1.44 bits per heavy atom. The van der Waals surface area contributed by atoms with Crippen LogP contribution in [0.25, 0.3) is 0 Å². The van der Waals surface area contributed by atoms with Crippen molar-refractivity contribution in [3.63, 3.8) is 0 Å². The third-order valence-corrected chi connectivity index (χ3v) is 5.15. The van der Waals surface area contributed by atoms with Gasteiger partial charge in [-0.2, -0.15) is 17.2 Å². The van der Waals surface area contributed by atoms with Crippen molar-refractivity contribution in [2.45, 2.75) is 41.2 Å². The van der Waals surface area contributed by atoms with Gasteiger partial charge in [0.15, 0.2) is 0 Å². The zero-order chi connectivity index (χ0) is 20.2. The molecule has 4 nitrogen and oxygen atoms in total. The molecule has 0 amide bonds. The second-order valence-electron chi connectivity index (χ2n) is 5.60. The maximum absolute atomic E-state index is 12.5. The Labute approximate surface area is 163 Å². The summed E-state index contributed by atoms with van der Waals surface area (Å²) in [5.41, 5.74) is 0. The second kappa shape index (κ2) is 12.1. The molecule has 0 saturated heterocycles. The summed E-state index contributed by atoms with van der Waals surface area (Å²) in [6, 6.07) is 20.8. The second-order valence-corrected chi connectivity index (χ2v) is 8.29. The quantitative estimate of drug-likeness (QED) is 0.430. The number of benzene rings is 2. The Hall–Kier alpha value is -1.48. The zero-order valence-corrected chi connectivity index (χ0v) is 16.7. The van der Waals surface area contributed by atoms with Crippen molar-refractivity contribution in [1.29, 1.82) is 0 Å². The molecule has 0 heterocycles. The van der Waals surface area contributed by atoms with Crippen LogP contribution in [0.5, 0.6) is 0 Å². The molecule has 0 aliphatic heterocycles. The first-order chi connectivity index (χ1) is 12.8. The van der Waals surface area contributed by atoms with E-state index in [1.807, 2.05) is 19.1 Å². The molecule has 0 radical (unpaired) electrons. The third-order valence-electron chi connectivity index (χ3n) is 3.26. The molecular formula is C19H24F2O4S2. The van der Waals surface area contributed by atoms with Crippen LogP contribution in [-0.4, -0.2) is 31.4 Å². The first-order valence-electron chi connectivity index (χ1n) is 8.47. The van der Waals surface area contributed by atoms with Crippen molar-refractivity contribution in [3.8, 4) is 0 Å². The van der Waals surface area contributed by atoms with Crippen LogP contribution in [-0.2, 0) is 14.9 Å². The monoisotopic (exact) mass is 418 g/mol. The molecule has 27 heavy (non-hydrogen) atoms. The highest BCUT2D eigenvalue weighted by Gasteiger charge is 2.44. The van der Waals surface area contributed by atoms with Gasteiger partial charge in [-0.25, -0.2) is 0 Å². The molecular weight excluding hydrogens is 394 g/mol. The van der Waals surface area contributed by atoms with Crippen LogP contribution in [0.15, 0.2) is 70.5 Å².